The second-order valence-electron chi connectivity index (χ2n) is 8.46. The monoisotopic (exact) mass is 372 g/mol. The number of benzene rings is 1. The third kappa shape index (κ3) is 4.46. The molecule has 3 aliphatic rings. The third-order valence-electron chi connectivity index (χ3n) is 6.52. The fourth-order valence-electron chi connectivity index (χ4n) is 5.18. The number of amides is 1. The molecule has 1 aromatic rings. The lowest BCUT2D eigenvalue weighted by Gasteiger charge is -2.32. The maximum atomic E-state index is 12.6. The van der Waals surface area contributed by atoms with Crippen molar-refractivity contribution in [2.24, 2.45) is 5.92 Å². The molecule has 0 bridgehead atoms. The number of rotatable bonds is 6. The molecule has 5 nitrogen and oxygen atoms in total. The molecule has 0 spiro atoms. The van der Waals surface area contributed by atoms with Crippen molar-refractivity contribution in [2.45, 2.75) is 75.7 Å². The predicted molar refractivity (Wildman–Crippen MR) is 105 cm³/mol. The Morgan fingerprint density at radius 2 is 1.81 bits per heavy atom. The lowest BCUT2D eigenvalue weighted by Crippen LogP contribution is -2.52. The molecule has 0 unspecified atom stereocenters. The Bertz CT molecular complexity index is 611. The van der Waals surface area contributed by atoms with Crippen LogP contribution in [0.2, 0.25) is 0 Å². The van der Waals surface area contributed by atoms with Crippen LogP contribution in [0.25, 0.3) is 0 Å². The minimum absolute atomic E-state index is 0.0410. The zero-order valence-electron chi connectivity index (χ0n) is 16.1. The highest BCUT2D eigenvalue weighted by atomic mass is 16.5. The topological polar surface area (TPSA) is 61.8 Å². The average Bonchev–Trinajstić information content (AvgIpc) is 3.40. The zero-order chi connectivity index (χ0) is 18.6. The SMILES string of the molecule is O=C(CC1CCCC1)N[C@@H]1C[C@@H](Oc2ccccc2)[C@H](O)[C@H]1N1CCCC1. The highest BCUT2D eigenvalue weighted by molar-refractivity contribution is 5.76. The number of hydrogen-bond donors (Lipinski definition) is 2. The van der Waals surface area contributed by atoms with Crippen molar-refractivity contribution < 1.29 is 14.6 Å². The molecule has 0 aromatic heterocycles. The standard InChI is InChI=1S/C22H32N2O3/c25-20(14-16-8-4-5-9-16)23-18-15-19(27-17-10-2-1-3-11-17)22(26)21(18)24-12-6-7-13-24/h1-3,10-11,16,18-19,21-22,26H,4-9,12-15H2,(H,23,25)/t18-,19-,21+,22+/m1/s1. The lowest BCUT2D eigenvalue weighted by molar-refractivity contribution is -0.123. The lowest BCUT2D eigenvalue weighted by atomic mass is 10.0. The van der Waals surface area contributed by atoms with Gasteiger partial charge in [-0.3, -0.25) is 9.69 Å². The Balaban J connectivity index is 1.42. The summed E-state index contributed by atoms with van der Waals surface area (Å²) in [7, 11) is 0. The van der Waals surface area contributed by atoms with E-state index >= 15 is 0 Å². The molecule has 4 atom stereocenters. The molecule has 27 heavy (non-hydrogen) atoms. The molecule has 1 amide bonds. The molecule has 3 fully saturated rings. The van der Waals surface area contributed by atoms with Crippen molar-refractivity contribution in [3.05, 3.63) is 30.3 Å². The van der Waals surface area contributed by atoms with Crippen LogP contribution < -0.4 is 10.1 Å². The van der Waals surface area contributed by atoms with Gasteiger partial charge in [-0.2, -0.15) is 0 Å². The summed E-state index contributed by atoms with van der Waals surface area (Å²) in [5.74, 6) is 1.46. The summed E-state index contributed by atoms with van der Waals surface area (Å²) in [6.45, 7) is 1.99. The van der Waals surface area contributed by atoms with E-state index < -0.39 is 6.10 Å². The van der Waals surface area contributed by atoms with E-state index in [1.54, 1.807) is 0 Å². The van der Waals surface area contributed by atoms with E-state index in [-0.39, 0.29) is 24.1 Å². The number of carbonyl (C=O) groups excluding carboxylic acids is 1. The normalized spacial score (nSPS) is 32.0. The van der Waals surface area contributed by atoms with Gasteiger partial charge in [0.1, 0.15) is 18.0 Å². The summed E-state index contributed by atoms with van der Waals surface area (Å²) in [6, 6.07) is 9.59. The summed E-state index contributed by atoms with van der Waals surface area (Å²) in [5.41, 5.74) is 0. The molecular formula is C22H32N2O3. The average molecular weight is 373 g/mol. The smallest absolute Gasteiger partial charge is 0.220 e. The highest BCUT2D eigenvalue weighted by Gasteiger charge is 2.47. The second-order valence-corrected chi connectivity index (χ2v) is 8.46. The first kappa shape index (κ1) is 18.8. The van der Waals surface area contributed by atoms with Gasteiger partial charge in [0.05, 0.1) is 12.1 Å². The van der Waals surface area contributed by atoms with Crippen molar-refractivity contribution in [2.75, 3.05) is 13.1 Å². The largest absolute Gasteiger partial charge is 0.488 e. The molecule has 2 aliphatic carbocycles. The van der Waals surface area contributed by atoms with Gasteiger partial charge in [-0.05, 0) is 56.8 Å². The van der Waals surface area contributed by atoms with Crippen molar-refractivity contribution in [1.29, 1.82) is 0 Å². The van der Waals surface area contributed by atoms with E-state index in [9.17, 15) is 9.90 Å². The number of nitrogens with one attached hydrogen (secondary N) is 1. The van der Waals surface area contributed by atoms with Gasteiger partial charge in [-0.1, -0.05) is 31.0 Å². The molecule has 4 rings (SSSR count). The van der Waals surface area contributed by atoms with E-state index in [0.29, 0.717) is 18.8 Å². The number of hydrogen-bond acceptors (Lipinski definition) is 4. The number of carbonyl (C=O) groups is 1. The zero-order valence-corrected chi connectivity index (χ0v) is 16.1. The Labute approximate surface area is 162 Å². The van der Waals surface area contributed by atoms with Crippen LogP contribution in [0, 0.1) is 5.92 Å². The van der Waals surface area contributed by atoms with Gasteiger partial charge in [0.25, 0.3) is 0 Å². The van der Waals surface area contributed by atoms with Gasteiger partial charge in [-0.15, -0.1) is 0 Å². The van der Waals surface area contributed by atoms with Crippen LogP contribution in [0.4, 0.5) is 0 Å². The molecule has 5 heteroatoms. The van der Waals surface area contributed by atoms with E-state index in [2.05, 4.69) is 10.2 Å². The second kappa shape index (κ2) is 8.61. The van der Waals surface area contributed by atoms with Crippen molar-refractivity contribution >= 4 is 5.91 Å². The van der Waals surface area contributed by atoms with Gasteiger partial charge in [0, 0.05) is 12.8 Å². The van der Waals surface area contributed by atoms with Crippen LogP contribution in [0.15, 0.2) is 30.3 Å². The van der Waals surface area contributed by atoms with Crippen LogP contribution in [0.1, 0.15) is 51.4 Å². The fraction of sp³-hybridized carbons (Fsp3) is 0.682. The van der Waals surface area contributed by atoms with E-state index in [1.807, 2.05) is 30.3 Å². The molecular weight excluding hydrogens is 340 g/mol. The molecule has 1 aromatic carbocycles. The van der Waals surface area contributed by atoms with Crippen LogP contribution in [0.5, 0.6) is 5.75 Å². The van der Waals surface area contributed by atoms with Crippen molar-refractivity contribution in [3.8, 4) is 5.75 Å². The van der Waals surface area contributed by atoms with Crippen molar-refractivity contribution in [1.82, 2.24) is 10.2 Å². The molecule has 0 radical (unpaired) electrons. The molecule has 1 heterocycles. The maximum Gasteiger partial charge on any atom is 0.220 e. The minimum Gasteiger partial charge on any atom is -0.488 e. The van der Waals surface area contributed by atoms with Gasteiger partial charge in [-0.25, -0.2) is 0 Å². The summed E-state index contributed by atoms with van der Waals surface area (Å²) in [4.78, 5) is 15.0. The fourth-order valence-corrected chi connectivity index (χ4v) is 5.18. The number of ether oxygens (including phenoxy) is 1. The van der Waals surface area contributed by atoms with E-state index in [1.165, 1.54) is 25.7 Å². The van der Waals surface area contributed by atoms with Gasteiger partial charge < -0.3 is 15.2 Å². The first-order valence-corrected chi connectivity index (χ1v) is 10.6. The van der Waals surface area contributed by atoms with Gasteiger partial charge >= 0.3 is 0 Å². The number of aliphatic hydroxyl groups excluding tert-OH is 1. The molecule has 2 N–H and O–H groups in total. The van der Waals surface area contributed by atoms with E-state index in [4.69, 9.17) is 4.74 Å². The molecule has 148 valence electrons. The summed E-state index contributed by atoms with van der Waals surface area (Å²) >= 11 is 0. The Morgan fingerprint density at radius 1 is 1.11 bits per heavy atom. The summed E-state index contributed by atoms with van der Waals surface area (Å²) in [5, 5.41) is 14.3. The maximum absolute atomic E-state index is 12.6. The Morgan fingerprint density at radius 3 is 2.52 bits per heavy atom. The number of aliphatic hydroxyl groups is 1. The first-order chi connectivity index (χ1) is 13.2. The Kier molecular flexibility index (Phi) is 5.98. The summed E-state index contributed by atoms with van der Waals surface area (Å²) < 4.78 is 6.09. The van der Waals surface area contributed by atoms with Crippen LogP contribution in [-0.2, 0) is 4.79 Å². The van der Waals surface area contributed by atoms with Gasteiger partial charge in [0.15, 0.2) is 0 Å². The third-order valence-corrected chi connectivity index (χ3v) is 6.52. The number of para-hydroxylation sites is 1. The first-order valence-electron chi connectivity index (χ1n) is 10.6. The van der Waals surface area contributed by atoms with Crippen LogP contribution >= 0.6 is 0 Å². The van der Waals surface area contributed by atoms with E-state index in [0.717, 1.165) is 31.7 Å². The highest BCUT2D eigenvalue weighted by Crippen LogP contribution is 2.32. The van der Waals surface area contributed by atoms with Crippen molar-refractivity contribution in [3.63, 3.8) is 0 Å². The molecule has 2 saturated carbocycles. The predicted octanol–water partition coefficient (Wildman–Crippen LogP) is 2.73. The van der Waals surface area contributed by atoms with Crippen LogP contribution in [0.3, 0.4) is 0 Å². The quantitative estimate of drug-likeness (QED) is 0.806. The number of likely N-dealkylation sites (tertiary alicyclic amines) is 1. The minimum atomic E-state index is -0.583. The molecule has 1 saturated heterocycles. The van der Waals surface area contributed by atoms with Crippen LogP contribution in [-0.4, -0.2) is 53.3 Å². The Hall–Kier alpha value is -1.59. The molecule has 1 aliphatic heterocycles. The summed E-state index contributed by atoms with van der Waals surface area (Å²) in [6.07, 6.45) is 7.61. The number of nitrogens with zero attached hydrogens (tertiary/aromatic N) is 1. The van der Waals surface area contributed by atoms with Gasteiger partial charge in [0.2, 0.25) is 5.91 Å².